The molecule has 0 aliphatic heterocycles. The molecule has 0 radical (unpaired) electrons. The van der Waals surface area contributed by atoms with E-state index in [1.807, 2.05) is 0 Å². The van der Waals surface area contributed by atoms with Crippen LogP contribution in [0.3, 0.4) is 0 Å². The van der Waals surface area contributed by atoms with Gasteiger partial charge in [-0.3, -0.25) is 9.59 Å². The van der Waals surface area contributed by atoms with Gasteiger partial charge in [-0.15, -0.1) is 0 Å². The molecular weight excluding hydrogens is 176 g/mol. The number of hydrogen-bond donors (Lipinski definition) is 1. The van der Waals surface area contributed by atoms with E-state index in [9.17, 15) is 9.59 Å². The second-order valence-electron chi connectivity index (χ2n) is 2.68. The summed E-state index contributed by atoms with van der Waals surface area (Å²) in [6.07, 6.45) is -1.54. The fraction of sp³-hybridized carbons (Fsp3) is 0.750. The highest BCUT2D eigenvalue weighted by atomic mass is 16.6. The Morgan fingerprint density at radius 1 is 1.46 bits per heavy atom. The van der Waals surface area contributed by atoms with Crippen LogP contribution in [-0.4, -0.2) is 36.4 Å². The molecule has 0 aliphatic carbocycles. The Balaban J connectivity index is 3.94. The first kappa shape index (κ1) is 12.1. The topological polar surface area (TPSA) is 72.8 Å². The van der Waals surface area contributed by atoms with Crippen LogP contribution < -0.4 is 0 Å². The van der Waals surface area contributed by atoms with Crippen molar-refractivity contribution in [3.8, 4) is 0 Å². The second-order valence-corrected chi connectivity index (χ2v) is 2.68. The van der Waals surface area contributed by atoms with Crippen molar-refractivity contribution in [3.63, 3.8) is 0 Å². The molecule has 0 spiro atoms. The SMILES string of the molecule is COC(CC(=O)OC(C)=O)C(C)O. The number of ether oxygens (including phenoxy) is 2. The van der Waals surface area contributed by atoms with E-state index in [0.29, 0.717) is 0 Å². The molecule has 0 saturated heterocycles. The third-order valence-corrected chi connectivity index (χ3v) is 1.47. The van der Waals surface area contributed by atoms with Crippen LogP contribution in [0.2, 0.25) is 0 Å². The number of carbonyl (C=O) groups is 2. The van der Waals surface area contributed by atoms with Gasteiger partial charge in [0.2, 0.25) is 0 Å². The smallest absolute Gasteiger partial charge is 0.316 e. The van der Waals surface area contributed by atoms with Crippen LogP contribution in [0.5, 0.6) is 0 Å². The van der Waals surface area contributed by atoms with Crippen molar-refractivity contribution in [2.45, 2.75) is 32.5 Å². The van der Waals surface area contributed by atoms with Gasteiger partial charge in [-0.05, 0) is 6.92 Å². The number of aliphatic hydroxyl groups is 1. The molecule has 1 N–H and O–H groups in total. The molecule has 5 heteroatoms. The molecular formula is C8H14O5. The van der Waals surface area contributed by atoms with E-state index < -0.39 is 24.1 Å². The highest BCUT2D eigenvalue weighted by molar-refractivity contribution is 5.84. The van der Waals surface area contributed by atoms with Crippen molar-refractivity contribution in [2.75, 3.05) is 7.11 Å². The lowest BCUT2D eigenvalue weighted by molar-refractivity contribution is -0.160. The second kappa shape index (κ2) is 5.66. The van der Waals surface area contributed by atoms with Crippen LogP contribution in [0, 0.1) is 0 Å². The fourth-order valence-corrected chi connectivity index (χ4v) is 0.817. The minimum absolute atomic E-state index is 0.131. The number of methoxy groups -OCH3 is 1. The molecule has 2 atom stereocenters. The highest BCUT2D eigenvalue weighted by Crippen LogP contribution is 2.04. The van der Waals surface area contributed by atoms with Crippen LogP contribution in [-0.2, 0) is 19.1 Å². The van der Waals surface area contributed by atoms with Gasteiger partial charge >= 0.3 is 11.9 Å². The Hall–Kier alpha value is -0.940. The van der Waals surface area contributed by atoms with Crippen molar-refractivity contribution in [1.82, 2.24) is 0 Å². The van der Waals surface area contributed by atoms with Crippen LogP contribution in [0.4, 0.5) is 0 Å². The lowest BCUT2D eigenvalue weighted by Crippen LogP contribution is -2.29. The summed E-state index contributed by atoms with van der Waals surface area (Å²) in [6.45, 7) is 2.64. The minimum Gasteiger partial charge on any atom is -0.393 e. The Morgan fingerprint density at radius 2 is 2.00 bits per heavy atom. The molecule has 0 aromatic heterocycles. The lowest BCUT2D eigenvalue weighted by Gasteiger charge is -2.16. The maximum Gasteiger partial charge on any atom is 0.316 e. The van der Waals surface area contributed by atoms with Crippen molar-refractivity contribution in [1.29, 1.82) is 0 Å². The van der Waals surface area contributed by atoms with Crippen molar-refractivity contribution < 1.29 is 24.2 Å². The van der Waals surface area contributed by atoms with Crippen LogP contribution in [0.1, 0.15) is 20.3 Å². The summed E-state index contributed by atoms with van der Waals surface area (Å²) in [7, 11) is 1.37. The zero-order valence-electron chi connectivity index (χ0n) is 7.94. The summed E-state index contributed by atoms with van der Waals surface area (Å²) < 4.78 is 9.07. The lowest BCUT2D eigenvalue weighted by atomic mass is 10.1. The van der Waals surface area contributed by atoms with Gasteiger partial charge in [-0.2, -0.15) is 0 Å². The number of hydrogen-bond acceptors (Lipinski definition) is 5. The van der Waals surface area contributed by atoms with Gasteiger partial charge in [0.05, 0.1) is 18.6 Å². The third kappa shape index (κ3) is 5.32. The zero-order chi connectivity index (χ0) is 10.4. The molecule has 76 valence electrons. The van der Waals surface area contributed by atoms with Gasteiger partial charge in [0, 0.05) is 14.0 Å². The minimum atomic E-state index is -0.774. The normalized spacial score (nSPS) is 14.8. The van der Waals surface area contributed by atoms with E-state index in [2.05, 4.69) is 4.74 Å². The summed E-state index contributed by atoms with van der Waals surface area (Å²) in [5.41, 5.74) is 0. The Kier molecular flexibility index (Phi) is 5.25. The molecule has 0 amide bonds. The summed E-state index contributed by atoms with van der Waals surface area (Å²) in [5.74, 6) is -1.36. The number of rotatable bonds is 4. The molecule has 0 bridgehead atoms. The molecule has 0 heterocycles. The van der Waals surface area contributed by atoms with Gasteiger partial charge in [0.25, 0.3) is 0 Å². The average molecular weight is 190 g/mol. The Bertz CT molecular complexity index is 187. The molecule has 0 saturated carbocycles. The van der Waals surface area contributed by atoms with Gasteiger partial charge < -0.3 is 14.6 Å². The number of aliphatic hydroxyl groups excluding tert-OH is 1. The summed E-state index contributed by atoms with van der Waals surface area (Å²) >= 11 is 0. The quantitative estimate of drug-likeness (QED) is 0.493. The standard InChI is InChI=1S/C8H14O5/c1-5(9)7(12-3)4-8(11)13-6(2)10/h5,7,9H,4H2,1-3H3. The molecule has 13 heavy (non-hydrogen) atoms. The van der Waals surface area contributed by atoms with E-state index >= 15 is 0 Å². The molecule has 2 unspecified atom stereocenters. The number of esters is 2. The monoisotopic (exact) mass is 190 g/mol. The molecule has 0 aromatic carbocycles. The van der Waals surface area contributed by atoms with Gasteiger partial charge in [-0.1, -0.05) is 0 Å². The first-order chi connectivity index (χ1) is 5.97. The van der Waals surface area contributed by atoms with Gasteiger partial charge in [0.1, 0.15) is 0 Å². The van der Waals surface area contributed by atoms with Crippen LogP contribution >= 0.6 is 0 Å². The van der Waals surface area contributed by atoms with Crippen molar-refractivity contribution >= 4 is 11.9 Å². The predicted octanol–water partition coefficient (Wildman–Crippen LogP) is -0.138. The third-order valence-electron chi connectivity index (χ3n) is 1.47. The Morgan fingerprint density at radius 3 is 2.31 bits per heavy atom. The van der Waals surface area contributed by atoms with E-state index in [-0.39, 0.29) is 6.42 Å². The number of carbonyl (C=O) groups excluding carboxylic acids is 2. The zero-order valence-corrected chi connectivity index (χ0v) is 7.94. The van der Waals surface area contributed by atoms with Crippen LogP contribution in [0.15, 0.2) is 0 Å². The average Bonchev–Trinajstić information content (AvgIpc) is 1.98. The van der Waals surface area contributed by atoms with E-state index in [1.54, 1.807) is 0 Å². The fourth-order valence-electron chi connectivity index (χ4n) is 0.817. The summed E-state index contributed by atoms with van der Waals surface area (Å²) in [5, 5.41) is 9.08. The van der Waals surface area contributed by atoms with E-state index in [1.165, 1.54) is 14.0 Å². The predicted molar refractivity (Wildman–Crippen MR) is 43.9 cm³/mol. The first-order valence-electron chi connectivity index (χ1n) is 3.89. The Labute approximate surface area is 76.6 Å². The highest BCUT2D eigenvalue weighted by Gasteiger charge is 2.19. The van der Waals surface area contributed by atoms with E-state index in [0.717, 1.165) is 6.92 Å². The molecule has 0 aromatic rings. The van der Waals surface area contributed by atoms with Gasteiger partial charge in [0.15, 0.2) is 0 Å². The summed E-state index contributed by atoms with van der Waals surface area (Å²) in [4.78, 5) is 21.2. The summed E-state index contributed by atoms with van der Waals surface area (Å²) in [6, 6.07) is 0. The molecule has 0 fully saturated rings. The molecule has 5 nitrogen and oxygen atoms in total. The molecule has 0 aliphatic rings. The first-order valence-corrected chi connectivity index (χ1v) is 3.89. The maximum absolute atomic E-state index is 10.9. The van der Waals surface area contributed by atoms with Crippen molar-refractivity contribution in [2.24, 2.45) is 0 Å². The van der Waals surface area contributed by atoms with E-state index in [4.69, 9.17) is 9.84 Å². The largest absolute Gasteiger partial charge is 0.393 e. The van der Waals surface area contributed by atoms with Crippen LogP contribution in [0.25, 0.3) is 0 Å². The van der Waals surface area contributed by atoms with Crippen molar-refractivity contribution in [3.05, 3.63) is 0 Å². The maximum atomic E-state index is 10.9. The van der Waals surface area contributed by atoms with Gasteiger partial charge in [-0.25, -0.2) is 0 Å². The molecule has 0 rings (SSSR count).